The number of rotatable bonds is 8. The Bertz CT molecular complexity index is 1330. The van der Waals surface area contributed by atoms with Crippen LogP contribution >= 0.6 is 11.3 Å². The number of aryl methyl sites for hydroxylation is 2. The first kappa shape index (κ1) is 24.0. The van der Waals surface area contributed by atoms with Crippen molar-refractivity contribution in [2.75, 3.05) is 17.2 Å². The summed E-state index contributed by atoms with van der Waals surface area (Å²) in [7, 11) is 0. The minimum Gasteiger partial charge on any atom is -0.493 e. The van der Waals surface area contributed by atoms with E-state index in [1.807, 2.05) is 56.3 Å². The third kappa shape index (κ3) is 6.45. The Hall–Kier alpha value is -4.17. The summed E-state index contributed by atoms with van der Waals surface area (Å²) in [6.45, 7) is 4.44. The maximum absolute atomic E-state index is 13.1. The number of nitrogens with zero attached hydrogens (tertiary/aromatic N) is 1. The van der Waals surface area contributed by atoms with E-state index in [4.69, 9.17) is 9.84 Å². The van der Waals surface area contributed by atoms with Gasteiger partial charge in [0.2, 0.25) is 0 Å². The molecule has 0 fully saturated rings. The number of hydrogen-bond donors (Lipinski definition) is 3. The molecule has 0 spiro atoms. The molecule has 3 N–H and O–H groups in total. The first-order valence-corrected chi connectivity index (χ1v) is 11.9. The molecule has 0 aliphatic rings. The molecule has 0 atom stereocenters. The normalized spacial score (nSPS) is 10.6. The number of carbonyl (C=O) groups excluding carboxylic acids is 1. The predicted octanol–water partition coefficient (Wildman–Crippen LogP) is 6.39. The summed E-state index contributed by atoms with van der Waals surface area (Å²) >= 11 is 1.23. The molecule has 0 saturated heterocycles. The van der Waals surface area contributed by atoms with Crippen molar-refractivity contribution < 1.29 is 19.4 Å². The number of nitrogens with one attached hydrogen (secondary N) is 2. The molecule has 0 bridgehead atoms. The zero-order valence-corrected chi connectivity index (χ0v) is 20.2. The van der Waals surface area contributed by atoms with Crippen LogP contribution in [0.1, 0.15) is 27.2 Å². The Labute approximate surface area is 207 Å². The first-order valence-electron chi connectivity index (χ1n) is 11.0. The second-order valence-corrected chi connectivity index (χ2v) is 8.92. The van der Waals surface area contributed by atoms with E-state index in [0.717, 1.165) is 22.4 Å². The summed E-state index contributed by atoms with van der Waals surface area (Å²) in [5, 5.41) is 16.1. The highest BCUT2D eigenvalue weighted by atomic mass is 32.1. The third-order valence-corrected chi connectivity index (χ3v) is 6.09. The predicted molar refractivity (Wildman–Crippen MR) is 139 cm³/mol. The molecule has 1 aromatic heterocycles. The molecule has 7 nitrogen and oxygen atoms in total. The molecule has 0 unspecified atom stereocenters. The number of aromatic nitrogens is 1. The summed E-state index contributed by atoms with van der Waals surface area (Å²) in [5.41, 5.74) is 6.18. The summed E-state index contributed by atoms with van der Waals surface area (Å²) < 4.78 is 5.76. The van der Waals surface area contributed by atoms with Crippen LogP contribution in [-0.2, 0) is 6.42 Å². The molecule has 3 aromatic carbocycles. The molecule has 0 aliphatic heterocycles. The van der Waals surface area contributed by atoms with Crippen LogP contribution in [0, 0.1) is 13.8 Å². The van der Waals surface area contributed by atoms with Crippen molar-refractivity contribution in [2.45, 2.75) is 20.3 Å². The highest BCUT2D eigenvalue weighted by Gasteiger charge is 2.14. The van der Waals surface area contributed by atoms with E-state index in [9.17, 15) is 9.59 Å². The van der Waals surface area contributed by atoms with Gasteiger partial charge in [-0.05, 0) is 55.3 Å². The SMILES string of the molecule is Cc1ccc(-c2cc(C)ccc2C(=O)Nc2ccc(OCCc3csc(NC(=O)O)n3)cc2)cc1. The number of ether oxygens (including phenoxy) is 1. The number of thiazole rings is 1. The van der Waals surface area contributed by atoms with Gasteiger partial charge in [-0.15, -0.1) is 11.3 Å². The summed E-state index contributed by atoms with van der Waals surface area (Å²) in [6, 6.07) is 21.1. The van der Waals surface area contributed by atoms with E-state index in [0.29, 0.717) is 35.2 Å². The molecule has 35 heavy (non-hydrogen) atoms. The standard InChI is InChI=1S/C27H25N3O4S/c1-17-3-6-19(7-4-17)24-15-18(2)5-12-23(24)25(31)28-20-8-10-22(11-9-20)34-14-13-21-16-35-26(29-21)30-27(32)33/h3-12,15-16H,13-14H2,1-2H3,(H,28,31)(H,29,30)(H,32,33). The molecule has 0 radical (unpaired) electrons. The highest BCUT2D eigenvalue weighted by molar-refractivity contribution is 7.13. The Balaban J connectivity index is 1.36. The summed E-state index contributed by atoms with van der Waals surface area (Å²) in [5.74, 6) is 0.487. The van der Waals surface area contributed by atoms with Gasteiger partial charge in [-0.1, -0.05) is 47.5 Å². The molecule has 4 rings (SSSR count). The van der Waals surface area contributed by atoms with Crippen LogP contribution < -0.4 is 15.4 Å². The van der Waals surface area contributed by atoms with Gasteiger partial charge in [0.05, 0.1) is 12.3 Å². The van der Waals surface area contributed by atoms with Crippen molar-refractivity contribution in [1.82, 2.24) is 4.98 Å². The van der Waals surface area contributed by atoms with Crippen molar-refractivity contribution in [3.63, 3.8) is 0 Å². The van der Waals surface area contributed by atoms with Crippen LogP contribution in [0.25, 0.3) is 11.1 Å². The topological polar surface area (TPSA) is 101 Å². The van der Waals surface area contributed by atoms with Gasteiger partial charge in [0.15, 0.2) is 5.13 Å². The minimum absolute atomic E-state index is 0.177. The lowest BCUT2D eigenvalue weighted by Crippen LogP contribution is -2.13. The molecule has 0 aliphatic carbocycles. The van der Waals surface area contributed by atoms with Crippen LogP contribution in [-0.4, -0.2) is 28.7 Å². The van der Waals surface area contributed by atoms with Crippen molar-refractivity contribution >= 4 is 34.2 Å². The number of carboxylic acid groups (broad SMARTS) is 1. The van der Waals surface area contributed by atoms with Crippen LogP contribution in [0.2, 0.25) is 0 Å². The number of benzene rings is 3. The second kappa shape index (κ2) is 10.8. The number of hydrogen-bond acceptors (Lipinski definition) is 5. The summed E-state index contributed by atoms with van der Waals surface area (Å²) in [6.07, 6.45) is -0.589. The smallest absolute Gasteiger partial charge is 0.410 e. The summed E-state index contributed by atoms with van der Waals surface area (Å²) in [4.78, 5) is 27.9. The molecule has 0 saturated carbocycles. The van der Waals surface area contributed by atoms with Gasteiger partial charge >= 0.3 is 6.09 Å². The van der Waals surface area contributed by atoms with E-state index in [1.54, 1.807) is 29.6 Å². The van der Waals surface area contributed by atoms with Gasteiger partial charge in [-0.2, -0.15) is 0 Å². The van der Waals surface area contributed by atoms with Gasteiger partial charge in [-0.25, -0.2) is 9.78 Å². The Morgan fingerprint density at radius 1 is 0.943 bits per heavy atom. The fourth-order valence-electron chi connectivity index (χ4n) is 3.51. The number of anilines is 2. The largest absolute Gasteiger partial charge is 0.493 e. The molecular formula is C27H25N3O4S. The van der Waals surface area contributed by atoms with Crippen molar-refractivity contribution in [1.29, 1.82) is 0 Å². The zero-order chi connectivity index (χ0) is 24.8. The maximum Gasteiger partial charge on any atom is 0.410 e. The van der Waals surface area contributed by atoms with Gasteiger partial charge in [0, 0.05) is 23.1 Å². The lowest BCUT2D eigenvalue weighted by molar-refractivity contribution is 0.102. The molecular weight excluding hydrogens is 462 g/mol. The van der Waals surface area contributed by atoms with Crippen LogP contribution in [0.5, 0.6) is 5.75 Å². The van der Waals surface area contributed by atoms with Gasteiger partial charge in [0.25, 0.3) is 5.91 Å². The van der Waals surface area contributed by atoms with Gasteiger partial charge in [-0.3, -0.25) is 10.1 Å². The van der Waals surface area contributed by atoms with Crippen molar-refractivity contribution in [3.8, 4) is 16.9 Å². The zero-order valence-electron chi connectivity index (χ0n) is 19.4. The van der Waals surface area contributed by atoms with E-state index in [-0.39, 0.29) is 5.91 Å². The van der Waals surface area contributed by atoms with E-state index in [1.165, 1.54) is 16.9 Å². The van der Waals surface area contributed by atoms with Crippen molar-refractivity contribution in [2.24, 2.45) is 0 Å². The van der Waals surface area contributed by atoms with Gasteiger partial charge in [0.1, 0.15) is 5.75 Å². The Morgan fingerprint density at radius 3 is 2.37 bits per heavy atom. The Morgan fingerprint density at radius 2 is 1.66 bits per heavy atom. The quantitative estimate of drug-likeness (QED) is 0.267. The van der Waals surface area contributed by atoms with Gasteiger partial charge < -0.3 is 15.2 Å². The molecule has 178 valence electrons. The maximum atomic E-state index is 13.1. The van der Waals surface area contributed by atoms with E-state index >= 15 is 0 Å². The molecule has 2 amide bonds. The Kier molecular flexibility index (Phi) is 7.42. The second-order valence-electron chi connectivity index (χ2n) is 8.07. The highest BCUT2D eigenvalue weighted by Crippen LogP contribution is 2.27. The average Bonchev–Trinajstić information content (AvgIpc) is 3.27. The lowest BCUT2D eigenvalue weighted by Gasteiger charge is -2.12. The number of amides is 2. The van der Waals surface area contributed by atoms with Crippen LogP contribution in [0.3, 0.4) is 0 Å². The van der Waals surface area contributed by atoms with E-state index in [2.05, 4.69) is 15.6 Å². The number of carbonyl (C=O) groups is 2. The average molecular weight is 488 g/mol. The van der Waals surface area contributed by atoms with E-state index < -0.39 is 6.09 Å². The first-order chi connectivity index (χ1) is 16.9. The minimum atomic E-state index is -1.14. The van der Waals surface area contributed by atoms with Crippen LogP contribution in [0.4, 0.5) is 15.6 Å². The van der Waals surface area contributed by atoms with Crippen molar-refractivity contribution in [3.05, 3.63) is 94.5 Å². The lowest BCUT2D eigenvalue weighted by atomic mass is 9.96. The molecule has 8 heteroatoms. The fourth-order valence-corrected chi connectivity index (χ4v) is 4.24. The molecule has 4 aromatic rings. The monoisotopic (exact) mass is 487 g/mol. The fraction of sp³-hybridized carbons (Fsp3) is 0.148. The third-order valence-electron chi connectivity index (χ3n) is 5.29. The molecule has 1 heterocycles. The van der Waals surface area contributed by atoms with Crippen LogP contribution in [0.15, 0.2) is 72.1 Å².